The number of rotatable bonds is 2. The van der Waals surface area contributed by atoms with Crippen LogP contribution in [-0.2, 0) is 0 Å². The molecule has 0 radical (unpaired) electrons. The Bertz CT molecular complexity index is 371. The molecular formula is C12H12N2O. The fraction of sp³-hybridized carbons (Fsp3) is 0. The molecular weight excluding hydrogens is 188 g/mol. The SMILES string of the molecule is C(=Cc1ccncc1)c1ccncc1.O. The summed E-state index contributed by atoms with van der Waals surface area (Å²) in [5.74, 6) is 0. The highest BCUT2D eigenvalue weighted by molar-refractivity contribution is 5.68. The molecule has 0 spiro atoms. The van der Waals surface area contributed by atoms with E-state index in [2.05, 4.69) is 22.1 Å². The van der Waals surface area contributed by atoms with Gasteiger partial charge < -0.3 is 5.48 Å². The predicted octanol–water partition coefficient (Wildman–Crippen LogP) is 1.82. The van der Waals surface area contributed by atoms with Crippen molar-refractivity contribution in [1.82, 2.24) is 9.97 Å². The molecule has 3 nitrogen and oxygen atoms in total. The first kappa shape index (κ1) is 11.1. The van der Waals surface area contributed by atoms with Gasteiger partial charge in [-0.15, -0.1) is 0 Å². The van der Waals surface area contributed by atoms with Crippen molar-refractivity contribution in [3.63, 3.8) is 0 Å². The molecule has 0 bridgehead atoms. The van der Waals surface area contributed by atoms with Gasteiger partial charge in [0.05, 0.1) is 0 Å². The standard InChI is InChI=1S/C12H10N2.H2O/c1(11-3-7-13-8-4-11)2-12-5-9-14-10-6-12;/h1-10H;1H2. The maximum absolute atomic E-state index is 3.96. The van der Waals surface area contributed by atoms with E-state index < -0.39 is 0 Å². The summed E-state index contributed by atoms with van der Waals surface area (Å²) >= 11 is 0. The Balaban J connectivity index is 0.00000112. The van der Waals surface area contributed by atoms with Crippen LogP contribution >= 0.6 is 0 Å². The van der Waals surface area contributed by atoms with E-state index in [9.17, 15) is 0 Å². The number of aromatic nitrogens is 2. The van der Waals surface area contributed by atoms with Crippen molar-refractivity contribution in [2.75, 3.05) is 0 Å². The van der Waals surface area contributed by atoms with Crippen molar-refractivity contribution in [3.8, 4) is 0 Å². The van der Waals surface area contributed by atoms with Gasteiger partial charge in [0.15, 0.2) is 0 Å². The third-order valence-electron chi connectivity index (χ3n) is 1.88. The zero-order valence-electron chi connectivity index (χ0n) is 8.17. The van der Waals surface area contributed by atoms with Crippen molar-refractivity contribution in [3.05, 3.63) is 60.2 Å². The van der Waals surface area contributed by atoms with E-state index in [1.807, 2.05) is 24.3 Å². The molecule has 0 aliphatic carbocycles. The van der Waals surface area contributed by atoms with E-state index in [1.54, 1.807) is 24.8 Å². The van der Waals surface area contributed by atoms with E-state index in [0.29, 0.717) is 0 Å². The Morgan fingerprint density at radius 3 is 1.33 bits per heavy atom. The maximum atomic E-state index is 3.96. The van der Waals surface area contributed by atoms with E-state index >= 15 is 0 Å². The minimum atomic E-state index is 0. The van der Waals surface area contributed by atoms with Crippen LogP contribution in [0.3, 0.4) is 0 Å². The van der Waals surface area contributed by atoms with Crippen LogP contribution < -0.4 is 0 Å². The van der Waals surface area contributed by atoms with E-state index in [0.717, 1.165) is 11.1 Å². The highest BCUT2D eigenvalue weighted by atomic mass is 16.0. The lowest BCUT2D eigenvalue weighted by Crippen LogP contribution is -1.74. The quantitative estimate of drug-likeness (QED) is 0.742. The molecule has 0 aliphatic heterocycles. The van der Waals surface area contributed by atoms with Crippen molar-refractivity contribution in [1.29, 1.82) is 0 Å². The second-order valence-electron chi connectivity index (χ2n) is 2.89. The van der Waals surface area contributed by atoms with Gasteiger partial charge in [0.1, 0.15) is 0 Å². The van der Waals surface area contributed by atoms with Crippen molar-refractivity contribution < 1.29 is 5.48 Å². The molecule has 0 saturated carbocycles. The molecule has 2 rings (SSSR count). The Morgan fingerprint density at radius 1 is 0.667 bits per heavy atom. The number of hydrogen-bond acceptors (Lipinski definition) is 2. The number of nitrogens with zero attached hydrogens (tertiary/aromatic N) is 2. The Morgan fingerprint density at radius 2 is 1.00 bits per heavy atom. The lowest BCUT2D eigenvalue weighted by molar-refractivity contribution is 0.824. The lowest BCUT2D eigenvalue weighted by Gasteiger charge is -1.92. The van der Waals surface area contributed by atoms with E-state index in [1.165, 1.54) is 0 Å². The summed E-state index contributed by atoms with van der Waals surface area (Å²) in [6, 6.07) is 7.88. The van der Waals surface area contributed by atoms with E-state index in [-0.39, 0.29) is 5.48 Å². The molecule has 2 N–H and O–H groups in total. The fourth-order valence-corrected chi connectivity index (χ4v) is 1.14. The molecule has 2 heterocycles. The van der Waals surface area contributed by atoms with Crippen LogP contribution in [0.15, 0.2) is 49.1 Å². The molecule has 0 saturated heterocycles. The monoisotopic (exact) mass is 200 g/mol. The van der Waals surface area contributed by atoms with Crippen LogP contribution in [0.25, 0.3) is 12.2 Å². The summed E-state index contributed by atoms with van der Waals surface area (Å²) in [4.78, 5) is 7.91. The van der Waals surface area contributed by atoms with Gasteiger partial charge in [0, 0.05) is 24.8 Å². The van der Waals surface area contributed by atoms with Crippen molar-refractivity contribution >= 4 is 12.2 Å². The van der Waals surface area contributed by atoms with Crippen molar-refractivity contribution in [2.24, 2.45) is 0 Å². The average Bonchev–Trinajstić information content (AvgIpc) is 2.29. The topological polar surface area (TPSA) is 57.3 Å². The van der Waals surface area contributed by atoms with Crippen LogP contribution in [0.1, 0.15) is 11.1 Å². The molecule has 76 valence electrons. The summed E-state index contributed by atoms with van der Waals surface area (Å²) in [7, 11) is 0. The molecule has 0 atom stereocenters. The second-order valence-corrected chi connectivity index (χ2v) is 2.89. The number of hydrogen-bond donors (Lipinski definition) is 0. The van der Waals surface area contributed by atoms with Crippen LogP contribution in [0.2, 0.25) is 0 Å². The van der Waals surface area contributed by atoms with Gasteiger partial charge in [-0.2, -0.15) is 0 Å². The summed E-state index contributed by atoms with van der Waals surface area (Å²) in [6.07, 6.45) is 11.2. The highest BCUT2D eigenvalue weighted by Gasteiger charge is 1.85. The zero-order valence-corrected chi connectivity index (χ0v) is 8.17. The summed E-state index contributed by atoms with van der Waals surface area (Å²) in [5.41, 5.74) is 2.30. The molecule has 2 aromatic heterocycles. The third kappa shape index (κ3) is 3.32. The van der Waals surface area contributed by atoms with Gasteiger partial charge in [-0.25, -0.2) is 0 Å². The Kier molecular flexibility index (Phi) is 4.19. The normalized spacial score (nSPS) is 9.87. The molecule has 0 amide bonds. The first-order valence-electron chi connectivity index (χ1n) is 4.43. The molecule has 3 heteroatoms. The predicted molar refractivity (Wildman–Crippen MR) is 61.0 cm³/mol. The lowest BCUT2D eigenvalue weighted by atomic mass is 10.2. The highest BCUT2D eigenvalue weighted by Crippen LogP contribution is 2.05. The summed E-state index contributed by atoms with van der Waals surface area (Å²) in [6.45, 7) is 0. The van der Waals surface area contributed by atoms with Crippen LogP contribution in [-0.4, -0.2) is 15.4 Å². The number of pyridine rings is 2. The first-order chi connectivity index (χ1) is 6.95. The molecule has 2 aromatic rings. The third-order valence-corrected chi connectivity index (χ3v) is 1.88. The smallest absolute Gasteiger partial charge is 0.0273 e. The minimum absolute atomic E-state index is 0. The van der Waals surface area contributed by atoms with E-state index in [4.69, 9.17) is 0 Å². The molecule has 0 aliphatic rings. The zero-order chi connectivity index (χ0) is 9.64. The first-order valence-corrected chi connectivity index (χ1v) is 4.43. The Labute approximate surface area is 88.4 Å². The Hall–Kier alpha value is -2.00. The maximum Gasteiger partial charge on any atom is 0.0273 e. The summed E-state index contributed by atoms with van der Waals surface area (Å²) in [5, 5.41) is 0. The average molecular weight is 200 g/mol. The van der Waals surface area contributed by atoms with Crippen molar-refractivity contribution in [2.45, 2.75) is 0 Å². The van der Waals surface area contributed by atoms with Crippen LogP contribution in [0.5, 0.6) is 0 Å². The minimum Gasteiger partial charge on any atom is -0.412 e. The molecule has 0 aromatic carbocycles. The van der Waals surface area contributed by atoms with Gasteiger partial charge in [0.2, 0.25) is 0 Å². The molecule has 15 heavy (non-hydrogen) atoms. The van der Waals surface area contributed by atoms with Gasteiger partial charge >= 0.3 is 0 Å². The van der Waals surface area contributed by atoms with Crippen LogP contribution in [0.4, 0.5) is 0 Å². The van der Waals surface area contributed by atoms with Gasteiger partial charge in [-0.05, 0) is 35.4 Å². The van der Waals surface area contributed by atoms with Gasteiger partial charge in [-0.1, -0.05) is 12.2 Å². The largest absolute Gasteiger partial charge is 0.412 e. The summed E-state index contributed by atoms with van der Waals surface area (Å²) < 4.78 is 0. The fourth-order valence-electron chi connectivity index (χ4n) is 1.14. The van der Waals surface area contributed by atoms with Gasteiger partial charge in [0.25, 0.3) is 0 Å². The second kappa shape index (κ2) is 5.67. The molecule has 0 unspecified atom stereocenters. The molecule has 0 fully saturated rings. The van der Waals surface area contributed by atoms with Gasteiger partial charge in [-0.3, -0.25) is 9.97 Å². The van der Waals surface area contributed by atoms with Crippen LogP contribution in [0, 0.1) is 0 Å².